The van der Waals surface area contributed by atoms with E-state index >= 15 is 4.57 Å². The Morgan fingerprint density at radius 1 is 0.441 bits per heavy atom. The summed E-state index contributed by atoms with van der Waals surface area (Å²) in [6, 6.07) is 37.8. The minimum absolute atomic E-state index is 0.592. The van der Waals surface area contributed by atoms with Crippen LogP contribution < -0.4 is 25.4 Å². The SMILES string of the molecule is O=P12c3ccccc3Oc3cc(-c4ccccc4)cc(c31)Oc1ccc(-c3ccccc3)cc12. The summed E-state index contributed by atoms with van der Waals surface area (Å²) in [4.78, 5) is 0. The summed E-state index contributed by atoms with van der Waals surface area (Å²) < 4.78 is 27.9. The van der Waals surface area contributed by atoms with Gasteiger partial charge >= 0.3 is 0 Å². The van der Waals surface area contributed by atoms with Gasteiger partial charge in [0.2, 0.25) is 0 Å². The Kier molecular flexibility index (Phi) is 4.12. The lowest BCUT2D eigenvalue weighted by molar-refractivity contribution is 0.462. The highest BCUT2D eigenvalue weighted by Gasteiger charge is 2.46. The van der Waals surface area contributed by atoms with Gasteiger partial charge in [0.25, 0.3) is 0 Å². The van der Waals surface area contributed by atoms with Crippen molar-refractivity contribution in [3.8, 4) is 45.3 Å². The molecule has 0 aliphatic carbocycles. The highest BCUT2D eigenvalue weighted by molar-refractivity contribution is 7.86. The minimum Gasteiger partial charge on any atom is -0.456 e. The molecule has 0 aromatic heterocycles. The van der Waals surface area contributed by atoms with Crippen LogP contribution in [0.1, 0.15) is 0 Å². The minimum atomic E-state index is -3.22. The van der Waals surface area contributed by atoms with Crippen LogP contribution in [0.3, 0.4) is 0 Å². The van der Waals surface area contributed by atoms with E-state index in [-0.39, 0.29) is 0 Å². The summed E-state index contributed by atoms with van der Waals surface area (Å²) in [7, 11) is -3.22. The van der Waals surface area contributed by atoms with Crippen LogP contribution in [-0.4, -0.2) is 0 Å². The van der Waals surface area contributed by atoms with Crippen LogP contribution in [-0.2, 0) is 4.57 Å². The largest absolute Gasteiger partial charge is 0.456 e. The molecule has 1 unspecified atom stereocenters. The highest BCUT2D eigenvalue weighted by atomic mass is 31.2. The smallest absolute Gasteiger partial charge is 0.185 e. The normalized spacial score (nSPS) is 16.9. The van der Waals surface area contributed by atoms with Gasteiger partial charge in [0.05, 0.1) is 10.6 Å². The van der Waals surface area contributed by atoms with Gasteiger partial charge in [0.1, 0.15) is 28.3 Å². The van der Waals surface area contributed by atoms with Gasteiger partial charge in [-0.2, -0.15) is 0 Å². The monoisotopic (exact) mass is 458 g/mol. The van der Waals surface area contributed by atoms with Crippen LogP contribution in [0.4, 0.5) is 0 Å². The van der Waals surface area contributed by atoms with Crippen molar-refractivity contribution in [2.24, 2.45) is 0 Å². The summed E-state index contributed by atoms with van der Waals surface area (Å²) in [5, 5.41) is 2.07. The Hall–Kier alpha value is -4.07. The molecule has 0 saturated carbocycles. The van der Waals surface area contributed by atoms with E-state index in [1.807, 2.05) is 103 Å². The van der Waals surface area contributed by atoms with Gasteiger partial charge in [-0.15, -0.1) is 0 Å². The molecule has 0 radical (unpaired) electrons. The first-order valence-corrected chi connectivity index (χ1v) is 12.9. The fourth-order valence-electron chi connectivity index (χ4n) is 4.92. The Bertz CT molecular complexity index is 1610. The van der Waals surface area contributed by atoms with Gasteiger partial charge in [-0.05, 0) is 58.7 Å². The van der Waals surface area contributed by atoms with Crippen molar-refractivity contribution in [1.29, 1.82) is 0 Å². The van der Waals surface area contributed by atoms with E-state index in [4.69, 9.17) is 9.47 Å². The number of hydrogen-bond acceptors (Lipinski definition) is 3. The second-order valence-electron chi connectivity index (χ2n) is 8.52. The van der Waals surface area contributed by atoms with E-state index in [2.05, 4.69) is 12.1 Å². The number of fused-ring (bicyclic) bond motifs is 4. The Balaban J connectivity index is 1.51. The van der Waals surface area contributed by atoms with E-state index in [0.717, 1.165) is 22.3 Å². The Morgan fingerprint density at radius 2 is 1.00 bits per heavy atom. The van der Waals surface area contributed by atoms with Gasteiger partial charge in [-0.3, -0.25) is 0 Å². The van der Waals surface area contributed by atoms with Gasteiger partial charge in [0.15, 0.2) is 7.14 Å². The third-order valence-corrected chi connectivity index (χ3v) is 9.66. The highest BCUT2D eigenvalue weighted by Crippen LogP contribution is 2.59. The second kappa shape index (κ2) is 7.21. The molecule has 1 atom stereocenters. The molecule has 2 aliphatic rings. The summed E-state index contributed by atoms with van der Waals surface area (Å²) in [6.45, 7) is 0. The summed E-state index contributed by atoms with van der Waals surface area (Å²) >= 11 is 0. The lowest BCUT2D eigenvalue weighted by atomic mass is 10.0. The molecule has 4 heteroatoms. The fourth-order valence-corrected chi connectivity index (χ4v) is 7.98. The molecule has 0 bridgehead atoms. The van der Waals surface area contributed by atoms with E-state index in [0.29, 0.717) is 38.9 Å². The fraction of sp³-hybridized carbons (Fsp3) is 0. The quantitative estimate of drug-likeness (QED) is 0.265. The number of benzene rings is 5. The Morgan fingerprint density at radius 3 is 1.68 bits per heavy atom. The standard InChI is InChI=1S/C30H19O3P/c31-34-28-14-8-7-13-24(28)32-26-17-23(21-11-5-2-6-12-21)18-27(30(26)34)33-25-16-15-22(19-29(25)34)20-9-3-1-4-10-20/h1-19H. The maximum atomic E-state index is 15.2. The first kappa shape index (κ1) is 19.4. The first-order valence-electron chi connectivity index (χ1n) is 11.2. The van der Waals surface area contributed by atoms with Crippen LogP contribution in [0.25, 0.3) is 22.3 Å². The van der Waals surface area contributed by atoms with Crippen molar-refractivity contribution in [3.05, 3.63) is 115 Å². The molecule has 3 nitrogen and oxygen atoms in total. The van der Waals surface area contributed by atoms with E-state index < -0.39 is 7.14 Å². The molecule has 162 valence electrons. The molecule has 34 heavy (non-hydrogen) atoms. The van der Waals surface area contributed by atoms with E-state index in [1.54, 1.807) is 0 Å². The molecule has 2 heterocycles. The molecule has 5 aromatic carbocycles. The molecule has 0 fully saturated rings. The van der Waals surface area contributed by atoms with Crippen LogP contribution >= 0.6 is 7.14 Å². The van der Waals surface area contributed by atoms with Crippen molar-refractivity contribution in [2.45, 2.75) is 0 Å². The van der Waals surface area contributed by atoms with Crippen molar-refractivity contribution in [1.82, 2.24) is 0 Å². The van der Waals surface area contributed by atoms with E-state index in [9.17, 15) is 0 Å². The van der Waals surface area contributed by atoms with E-state index in [1.165, 1.54) is 0 Å². The molecule has 0 saturated heterocycles. The predicted octanol–water partition coefficient (Wildman–Crippen LogP) is 6.87. The number of ether oxygens (including phenoxy) is 2. The van der Waals surface area contributed by atoms with Crippen LogP contribution in [0.2, 0.25) is 0 Å². The van der Waals surface area contributed by atoms with Gasteiger partial charge in [-0.25, -0.2) is 0 Å². The van der Waals surface area contributed by atoms with Crippen molar-refractivity contribution in [3.63, 3.8) is 0 Å². The first-order chi connectivity index (χ1) is 16.7. The van der Waals surface area contributed by atoms with Gasteiger partial charge in [-0.1, -0.05) is 78.9 Å². The molecule has 0 spiro atoms. The average Bonchev–Trinajstić information content (AvgIpc) is 2.89. The zero-order valence-electron chi connectivity index (χ0n) is 18.1. The third kappa shape index (κ3) is 2.74. The van der Waals surface area contributed by atoms with Crippen molar-refractivity contribution >= 4 is 23.1 Å². The summed E-state index contributed by atoms with van der Waals surface area (Å²) in [5.41, 5.74) is 4.09. The maximum absolute atomic E-state index is 15.2. The number of rotatable bonds is 2. The van der Waals surface area contributed by atoms with Crippen LogP contribution in [0.5, 0.6) is 23.0 Å². The lowest BCUT2D eigenvalue weighted by Crippen LogP contribution is -2.35. The molecular weight excluding hydrogens is 439 g/mol. The lowest BCUT2D eigenvalue weighted by Gasteiger charge is -2.35. The summed E-state index contributed by atoms with van der Waals surface area (Å²) in [5.74, 6) is 2.44. The molecular formula is C30H19O3P. The molecule has 0 N–H and O–H groups in total. The maximum Gasteiger partial charge on any atom is 0.185 e. The van der Waals surface area contributed by atoms with Crippen LogP contribution in [0, 0.1) is 0 Å². The topological polar surface area (TPSA) is 35.5 Å². The molecule has 7 rings (SSSR count). The molecule has 0 amide bonds. The second-order valence-corrected chi connectivity index (χ2v) is 11.1. The van der Waals surface area contributed by atoms with Gasteiger partial charge in [0, 0.05) is 0 Å². The average molecular weight is 458 g/mol. The van der Waals surface area contributed by atoms with Crippen LogP contribution in [0.15, 0.2) is 115 Å². The van der Waals surface area contributed by atoms with Gasteiger partial charge < -0.3 is 14.0 Å². The third-order valence-electron chi connectivity index (χ3n) is 6.51. The number of para-hydroxylation sites is 1. The van der Waals surface area contributed by atoms with Crippen molar-refractivity contribution in [2.75, 3.05) is 0 Å². The molecule has 2 aliphatic heterocycles. The zero-order valence-corrected chi connectivity index (χ0v) is 19.0. The summed E-state index contributed by atoms with van der Waals surface area (Å²) in [6.07, 6.45) is 0. The predicted molar refractivity (Wildman–Crippen MR) is 137 cm³/mol. The molecule has 5 aromatic rings. The number of hydrogen-bond donors (Lipinski definition) is 0. The van der Waals surface area contributed by atoms with Crippen molar-refractivity contribution < 1.29 is 14.0 Å². The Labute approximate surface area is 197 Å². The zero-order chi connectivity index (χ0) is 22.7.